The van der Waals surface area contributed by atoms with Crippen molar-refractivity contribution in [3.05, 3.63) is 57.0 Å². The predicted octanol–water partition coefficient (Wildman–Crippen LogP) is 3.99. The van der Waals surface area contributed by atoms with Gasteiger partial charge in [-0.15, -0.1) is 11.3 Å². The van der Waals surface area contributed by atoms with Crippen molar-refractivity contribution in [1.29, 1.82) is 0 Å². The van der Waals surface area contributed by atoms with Crippen LogP contribution in [0.3, 0.4) is 0 Å². The number of hydrogen-bond acceptors (Lipinski definition) is 5. The summed E-state index contributed by atoms with van der Waals surface area (Å²) in [7, 11) is 0. The summed E-state index contributed by atoms with van der Waals surface area (Å²) >= 11 is 1.74. The summed E-state index contributed by atoms with van der Waals surface area (Å²) in [5.41, 5.74) is 2.59. The Morgan fingerprint density at radius 2 is 1.93 bits per heavy atom. The number of nitrogens with zero attached hydrogens (tertiary/aromatic N) is 3. The van der Waals surface area contributed by atoms with Crippen molar-refractivity contribution in [3.63, 3.8) is 0 Å². The zero-order chi connectivity index (χ0) is 20.0. The largest absolute Gasteiger partial charge is 0.369 e. The van der Waals surface area contributed by atoms with Crippen molar-refractivity contribution >= 4 is 27.2 Å². The molecular weight excluding hydrogens is 380 g/mol. The molecule has 0 spiro atoms. The van der Waals surface area contributed by atoms with Crippen LogP contribution in [0.15, 0.2) is 35.1 Å². The fourth-order valence-electron chi connectivity index (χ4n) is 4.74. The average molecular weight is 409 g/mol. The van der Waals surface area contributed by atoms with Crippen molar-refractivity contribution in [2.24, 2.45) is 5.92 Å². The Bertz CT molecular complexity index is 1070. The summed E-state index contributed by atoms with van der Waals surface area (Å²) in [5.74, 6) is 1.51. The summed E-state index contributed by atoms with van der Waals surface area (Å²) < 4.78 is 0. The van der Waals surface area contributed by atoms with Gasteiger partial charge in [-0.05, 0) is 49.8 Å². The molecule has 152 valence electrons. The molecule has 5 rings (SSSR count). The molecule has 6 heteroatoms. The molecule has 0 amide bonds. The molecular formula is C23H28N4OS. The molecule has 1 aliphatic carbocycles. The van der Waals surface area contributed by atoms with E-state index in [2.05, 4.69) is 59.0 Å². The molecule has 0 saturated carbocycles. The van der Waals surface area contributed by atoms with E-state index in [0.717, 1.165) is 55.1 Å². The fraction of sp³-hybridized carbons (Fsp3) is 0.478. The highest BCUT2D eigenvalue weighted by atomic mass is 32.1. The van der Waals surface area contributed by atoms with Crippen LogP contribution in [0.25, 0.3) is 10.2 Å². The number of benzene rings is 1. The highest BCUT2D eigenvalue weighted by Crippen LogP contribution is 2.36. The lowest BCUT2D eigenvalue weighted by Gasteiger charge is -2.38. The summed E-state index contributed by atoms with van der Waals surface area (Å²) in [4.78, 5) is 28.1. The Morgan fingerprint density at radius 3 is 2.69 bits per heavy atom. The van der Waals surface area contributed by atoms with E-state index in [1.54, 1.807) is 11.3 Å². The molecule has 5 nitrogen and oxygen atoms in total. The molecule has 1 fully saturated rings. The van der Waals surface area contributed by atoms with Crippen LogP contribution >= 0.6 is 11.3 Å². The van der Waals surface area contributed by atoms with Crippen molar-refractivity contribution in [3.8, 4) is 0 Å². The number of aromatic amines is 1. The number of para-hydroxylation sites is 1. The van der Waals surface area contributed by atoms with Crippen molar-refractivity contribution in [2.75, 3.05) is 31.1 Å². The molecule has 29 heavy (non-hydrogen) atoms. The SMILES string of the molecule is C[C@@H]1CCc2c(sc3nc([C@H](C)N4CCN(c5ccccc5)CC4)[nH]c(=O)c23)C1. The Balaban J connectivity index is 1.36. The van der Waals surface area contributed by atoms with Crippen molar-refractivity contribution < 1.29 is 0 Å². The number of H-pyrrole nitrogens is 1. The Labute approximate surface area is 175 Å². The molecule has 1 N–H and O–H groups in total. The van der Waals surface area contributed by atoms with Crippen LogP contribution in [-0.2, 0) is 12.8 Å². The summed E-state index contributed by atoms with van der Waals surface area (Å²) in [6.45, 7) is 8.38. The van der Waals surface area contributed by atoms with E-state index in [4.69, 9.17) is 4.98 Å². The van der Waals surface area contributed by atoms with Gasteiger partial charge in [0.25, 0.3) is 5.56 Å². The number of aryl methyl sites for hydroxylation is 1. The number of anilines is 1. The Hall–Kier alpha value is -2.18. The molecule has 1 aromatic carbocycles. The third-order valence-electron chi connectivity index (χ3n) is 6.56. The van der Waals surface area contributed by atoms with E-state index in [1.807, 2.05) is 0 Å². The smallest absolute Gasteiger partial charge is 0.259 e. The second-order valence-electron chi connectivity index (χ2n) is 8.52. The average Bonchev–Trinajstić information content (AvgIpc) is 3.11. The van der Waals surface area contributed by atoms with Crippen molar-refractivity contribution in [1.82, 2.24) is 14.9 Å². The van der Waals surface area contributed by atoms with Gasteiger partial charge >= 0.3 is 0 Å². The lowest BCUT2D eigenvalue weighted by molar-refractivity contribution is 0.192. The van der Waals surface area contributed by atoms with E-state index < -0.39 is 0 Å². The maximum absolute atomic E-state index is 12.9. The monoisotopic (exact) mass is 408 g/mol. The van der Waals surface area contributed by atoms with Gasteiger partial charge in [0, 0.05) is 36.7 Å². The number of nitrogens with one attached hydrogen (secondary N) is 1. The summed E-state index contributed by atoms with van der Waals surface area (Å²) in [6, 6.07) is 10.7. The first-order chi connectivity index (χ1) is 14.1. The molecule has 0 radical (unpaired) electrons. The first kappa shape index (κ1) is 18.8. The van der Waals surface area contributed by atoms with Gasteiger partial charge in [0.2, 0.25) is 0 Å². The standard InChI is InChI=1S/C23H28N4OS/c1-15-8-9-18-19(14-15)29-23-20(18)22(28)24-21(25-23)16(2)26-10-12-27(13-11-26)17-6-4-3-5-7-17/h3-7,15-16H,8-14H2,1-2H3,(H,24,25,28)/t15-,16+/m1/s1. The zero-order valence-corrected chi connectivity index (χ0v) is 18.0. The topological polar surface area (TPSA) is 52.2 Å². The van der Waals surface area contributed by atoms with E-state index in [-0.39, 0.29) is 11.6 Å². The molecule has 1 aliphatic heterocycles. The van der Waals surface area contributed by atoms with Gasteiger partial charge in [0.15, 0.2) is 0 Å². The second-order valence-corrected chi connectivity index (χ2v) is 9.60. The summed E-state index contributed by atoms with van der Waals surface area (Å²) in [6.07, 6.45) is 3.27. The first-order valence-corrected chi connectivity index (χ1v) is 11.5. The van der Waals surface area contributed by atoms with Gasteiger partial charge in [-0.2, -0.15) is 0 Å². The number of piperazine rings is 1. The van der Waals surface area contributed by atoms with Gasteiger partial charge < -0.3 is 9.88 Å². The highest BCUT2D eigenvalue weighted by Gasteiger charge is 2.27. The molecule has 2 atom stereocenters. The second kappa shape index (κ2) is 7.58. The lowest BCUT2D eigenvalue weighted by Crippen LogP contribution is -2.47. The number of fused-ring (bicyclic) bond motifs is 3. The van der Waals surface area contributed by atoms with E-state index in [9.17, 15) is 4.79 Å². The molecule has 1 saturated heterocycles. The number of aromatic nitrogens is 2. The van der Waals surface area contributed by atoms with Gasteiger partial charge in [-0.1, -0.05) is 25.1 Å². The lowest BCUT2D eigenvalue weighted by atomic mass is 9.89. The first-order valence-electron chi connectivity index (χ1n) is 10.7. The molecule has 0 unspecified atom stereocenters. The highest BCUT2D eigenvalue weighted by molar-refractivity contribution is 7.18. The van der Waals surface area contributed by atoms with Crippen LogP contribution in [0, 0.1) is 5.92 Å². The minimum Gasteiger partial charge on any atom is -0.369 e. The Kier molecular flexibility index (Phi) is 4.92. The minimum atomic E-state index is 0.0480. The van der Waals surface area contributed by atoms with E-state index in [0.29, 0.717) is 5.92 Å². The van der Waals surface area contributed by atoms with Gasteiger partial charge in [-0.25, -0.2) is 4.98 Å². The molecule has 0 bridgehead atoms. The van der Waals surface area contributed by atoms with E-state index >= 15 is 0 Å². The maximum Gasteiger partial charge on any atom is 0.259 e. The van der Waals surface area contributed by atoms with Crippen LogP contribution in [0.4, 0.5) is 5.69 Å². The van der Waals surface area contributed by atoms with Crippen LogP contribution in [0.2, 0.25) is 0 Å². The molecule has 3 aromatic rings. The van der Waals surface area contributed by atoms with Gasteiger partial charge in [-0.3, -0.25) is 9.69 Å². The minimum absolute atomic E-state index is 0.0480. The van der Waals surface area contributed by atoms with E-state index in [1.165, 1.54) is 22.5 Å². The Morgan fingerprint density at radius 1 is 1.17 bits per heavy atom. The van der Waals surface area contributed by atoms with Crippen molar-refractivity contribution in [2.45, 2.75) is 39.2 Å². The summed E-state index contributed by atoms with van der Waals surface area (Å²) in [5, 5.41) is 0.849. The quantitative estimate of drug-likeness (QED) is 0.712. The number of rotatable bonds is 3. The molecule has 2 aromatic heterocycles. The van der Waals surface area contributed by atoms with Gasteiger partial charge in [0.05, 0.1) is 11.4 Å². The molecule has 2 aliphatic rings. The van der Waals surface area contributed by atoms with Gasteiger partial charge in [0.1, 0.15) is 10.7 Å². The predicted molar refractivity (Wildman–Crippen MR) is 120 cm³/mol. The van der Waals surface area contributed by atoms with Crippen LogP contribution in [0.1, 0.15) is 42.6 Å². The normalized spacial score (nSPS) is 21.3. The molecule has 3 heterocycles. The third kappa shape index (κ3) is 3.49. The zero-order valence-electron chi connectivity index (χ0n) is 17.1. The third-order valence-corrected chi connectivity index (χ3v) is 7.71. The fourth-order valence-corrected chi connectivity index (χ4v) is 6.13. The maximum atomic E-state index is 12.9. The van der Waals surface area contributed by atoms with Crippen LogP contribution in [-0.4, -0.2) is 41.0 Å². The van der Waals surface area contributed by atoms with Crippen LogP contribution < -0.4 is 10.5 Å². The number of hydrogen-bond donors (Lipinski definition) is 1. The van der Waals surface area contributed by atoms with Crippen LogP contribution in [0.5, 0.6) is 0 Å². The number of thiophene rings is 1.